The van der Waals surface area contributed by atoms with Crippen molar-refractivity contribution in [1.29, 1.82) is 5.26 Å². The van der Waals surface area contributed by atoms with Crippen molar-refractivity contribution < 1.29 is 4.21 Å². The Bertz CT molecular complexity index is 723. The highest BCUT2D eigenvalue weighted by Crippen LogP contribution is 2.19. The first kappa shape index (κ1) is 13.4. The Morgan fingerprint density at radius 1 is 0.947 bits per heavy atom. The molecular formula is C16H15NOS. The fourth-order valence-electron chi connectivity index (χ4n) is 1.90. The molecule has 0 aromatic heterocycles. The molecule has 2 rings (SSSR count). The fraction of sp³-hybridized carbons (Fsp3) is 0.125. The summed E-state index contributed by atoms with van der Waals surface area (Å²) in [5.41, 5.74) is 2.94. The zero-order valence-electron chi connectivity index (χ0n) is 11.0. The molecule has 0 aliphatic heterocycles. The van der Waals surface area contributed by atoms with Gasteiger partial charge in [0.1, 0.15) is 10.9 Å². The summed E-state index contributed by atoms with van der Waals surface area (Å²) >= 11 is 0. The molecule has 0 saturated heterocycles. The smallest absolute Gasteiger partial charge is 0.111 e. The third kappa shape index (κ3) is 3.04. The van der Waals surface area contributed by atoms with Gasteiger partial charge in [0.2, 0.25) is 0 Å². The number of hydrogen-bond acceptors (Lipinski definition) is 2. The van der Waals surface area contributed by atoms with E-state index in [0.29, 0.717) is 4.86 Å². The number of benzene rings is 2. The highest BCUT2D eigenvalue weighted by Gasteiger charge is 2.08. The molecule has 0 bridgehead atoms. The lowest BCUT2D eigenvalue weighted by atomic mass is 10.0. The normalized spacial score (nSPS) is 10.8. The van der Waals surface area contributed by atoms with Crippen LogP contribution < -0.4 is 0 Å². The Morgan fingerprint density at radius 2 is 1.47 bits per heavy atom. The largest absolute Gasteiger partial charge is 0.267 e. The van der Waals surface area contributed by atoms with Gasteiger partial charge in [-0.25, -0.2) is 0 Å². The van der Waals surface area contributed by atoms with E-state index in [1.807, 2.05) is 54.6 Å². The summed E-state index contributed by atoms with van der Waals surface area (Å²) in [5, 5.41) is 9.14. The van der Waals surface area contributed by atoms with E-state index < -0.39 is 9.52 Å². The summed E-state index contributed by atoms with van der Waals surface area (Å²) in [5.74, 6) is 0. The average Bonchev–Trinajstić information content (AvgIpc) is 2.40. The molecule has 2 nitrogen and oxygen atoms in total. The van der Waals surface area contributed by atoms with Crippen LogP contribution in [0.5, 0.6) is 0 Å². The topological polar surface area (TPSA) is 40.9 Å². The third-order valence-corrected chi connectivity index (χ3v) is 4.16. The van der Waals surface area contributed by atoms with Gasteiger partial charge in [-0.3, -0.25) is 4.21 Å². The van der Waals surface area contributed by atoms with Crippen molar-refractivity contribution in [3.63, 3.8) is 0 Å². The molecule has 0 aliphatic rings. The minimum atomic E-state index is -2.24. The van der Waals surface area contributed by atoms with E-state index in [1.165, 1.54) is 0 Å². The van der Waals surface area contributed by atoms with Gasteiger partial charge < -0.3 is 0 Å². The Balaban J connectivity index is 2.47. The van der Waals surface area contributed by atoms with Crippen LogP contribution in [0.2, 0.25) is 0 Å². The van der Waals surface area contributed by atoms with E-state index in [2.05, 4.69) is 6.07 Å². The molecule has 0 amide bonds. The predicted octanol–water partition coefficient (Wildman–Crippen LogP) is 2.94. The molecule has 0 unspecified atom stereocenters. The van der Waals surface area contributed by atoms with Crippen LogP contribution in [0.25, 0.3) is 11.1 Å². The molecule has 0 heterocycles. The number of nitrogens with zero attached hydrogens (tertiary/aromatic N) is 1. The molecular weight excluding hydrogens is 254 g/mol. The highest BCUT2D eigenvalue weighted by molar-refractivity contribution is 8.01. The molecule has 0 fully saturated rings. The van der Waals surface area contributed by atoms with Gasteiger partial charge in [-0.1, -0.05) is 54.6 Å². The Hall–Kier alpha value is -2.05. The lowest BCUT2D eigenvalue weighted by molar-refractivity contribution is 0.688. The van der Waals surface area contributed by atoms with Crippen molar-refractivity contribution in [1.82, 2.24) is 0 Å². The zero-order chi connectivity index (χ0) is 13.9. The highest BCUT2D eigenvalue weighted by atomic mass is 32.2. The van der Waals surface area contributed by atoms with Gasteiger partial charge in [0, 0.05) is 18.1 Å². The molecule has 19 heavy (non-hydrogen) atoms. The van der Waals surface area contributed by atoms with E-state index >= 15 is 0 Å². The summed E-state index contributed by atoms with van der Waals surface area (Å²) in [6.07, 6.45) is 3.19. The zero-order valence-corrected chi connectivity index (χ0v) is 11.8. The predicted molar refractivity (Wildman–Crippen MR) is 81.6 cm³/mol. The molecule has 0 spiro atoms. The van der Waals surface area contributed by atoms with Crippen LogP contribution in [0.15, 0.2) is 54.6 Å². The molecule has 0 atom stereocenters. The molecule has 0 N–H and O–H groups in total. The van der Waals surface area contributed by atoms with Crippen LogP contribution in [-0.2, 0) is 9.52 Å². The first-order valence-electron chi connectivity index (χ1n) is 5.89. The van der Waals surface area contributed by atoms with E-state index in [-0.39, 0.29) is 0 Å². The molecule has 96 valence electrons. The molecule has 3 heteroatoms. The maximum Gasteiger partial charge on any atom is 0.111 e. The monoisotopic (exact) mass is 269 g/mol. The molecule has 0 radical (unpaired) electrons. The van der Waals surface area contributed by atoms with Gasteiger partial charge >= 0.3 is 0 Å². The molecule has 0 saturated carbocycles. The van der Waals surface area contributed by atoms with Crippen LogP contribution >= 0.6 is 0 Å². The minimum Gasteiger partial charge on any atom is -0.267 e. The van der Waals surface area contributed by atoms with Gasteiger partial charge in [-0.2, -0.15) is 5.26 Å². The Labute approximate surface area is 114 Å². The second-order valence-electron chi connectivity index (χ2n) is 4.62. The fourth-order valence-corrected chi connectivity index (χ4v) is 2.83. The number of hydrogen-bond donors (Lipinski definition) is 0. The van der Waals surface area contributed by atoms with Gasteiger partial charge in [0.15, 0.2) is 0 Å². The summed E-state index contributed by atoms with van der Waals surface area (Å²) in [4.78, 5) is 0.354. The summed E-state index contributed by atoms with van der Waals surface area (Å²) in [6.45, 7) is 0. The van der Waals surface area contributed by atoms with Gasteiger partial charge in [-0.15, -0.1) is 0 Å². The maximum atomic E-state index is 12.0. The van der Waals surface area contributed by atoms with Crippen LogP contribution in [0.1, 0.15) is 5.56 Å². The standard InChI is InChI=1S/C16H15NOS/c1-19(2,18)16(12-17)15-10-8-14(9-11-15)13-6-4-3-5-7-13/h3-11H,1-2H3. The van der Waals surface area contributed by atoms with Crippen molar-refractivity contribution >= 4 is 14.4 Å². The van der Waals surface area contributed by atoms with Gasteiger partial charge in [-0.05, 0) is 20.6 Å². The molecule has 2 aromatic carbocycles. The van der Waals surface area contributed by atoms with Gasteiger partial charge in [0.25, 0.3) is 0 Å². The first-order valence-corrected chi connectivity index (χ1v) is 8.27. The van der Waals surface area contributed by atoms with E-state index in [4.69, 9.17) is 5.26 Å². The van der Waals surface area contributed by atoms with Crippen molar-refractivity contribution in [2.24, 2.45) is 0 Å². The summed E-state index contributed by atoms with van der Waals surface area (Å²) in [7, 11) is -2.24. The van der Waals surface area contributed by atoms with Crippen molar-refractivity contribution in [2.75, 3.05) is 12.5 Å². The SMILES string of the molecule is CS(C)(=O)=C(C#N)c1ccc(-c2ccccc2)cc1. The van der Waals surface area contributed by atoms with E-state index in [9.17, 15) is 4.21 Å². The summed E-state index contributed by atoms with van der Waals surface area (Å²) < 4.78 is 12.0. The van der Waals surface area contributed by atoms with Crippen LogP contribution in [-0.4, -0.2) is 21.6 Å². The quantitative estimate of drug-likeness (QED) is 0.621. The van der Waals surface area contributed by atoms with Crippen LogP contribution in [0.4, 0.5) is 0 Å². The lowest BCUT2D eigenvalue weighted by Crippen LogP contribution is -2.10. The number of nitriles is 1. The van der Waals surface area contributed by atoms with Crippen molar-refractivity contribution in [3.05, 3.63) is 60.2 Å². The van der Waals surface area contributed by atoms with Gasteiger partial charge in [0.05, 0.1) is 0 Å². The number of rotatable bonds is 2. The van der Waals surface area contributed by atoms with E-state index in [0.717, 1.165) is 16.7 Å². The van der Waals surface area contributed by atoms with Crippen molar-refractivity contribution in [3.8, 4) is 17.2 Å². The summed E-state index contributed by atoms with van der Waals surface area (Å²) in [6, 6.07) is 19.7. The molecule has 2 aromatic rings. The average molecular weight is 269 g/mol. The Morgan fingerprint density at radius 3 is 1.95 bits per heavy atom. The second-order valence-corrected chi connectivity index (χ2v) is 7.49. The minimum absolute atomic E-state index is 0.354. The van der Waals surface area contributed by atoms with Crippen LogP contribution in [0, 0.1) is 11.3 Å². The second kappa shape index (κ2) is 5.29. The maximum absolute atomic E-state index is 12.0. The molecule has 0 aliphatic carbocycles. The first-order chi connectivity index (χ1) is 9.02. The lowest BCUT2D eigenvalue weighted by Gasteiger charge is -2.05. The van der Waals surface area contributed by atoms with E-state index in [1.54, 1.807) is 12.5 Å². The Kier molecular flexibility index (Phi) is 3.73. The third-order valence-electron chi connectivity index (χ3n) is 2.85. The van der Waals surface area contributed by atoms with Crippen molar-refractivity contribution in [2.45, 2.75) is 0 Å². The van der Waals surface area contributed by atoms with Crippen LogP contribution in [0.3, 0.4) is 0 Å².